The summed E-state index contributed by atoms with van der Waals surface area (Å²) in [5.74, 6) is 0.720. The molecule has 0 radical (unpaired) electrons. The molecule has 0 aromatic heterocycles. The summed E-state index contributed by atoms with van der Waals surface area (Å²) in [5, 5.41) is 3.36. The number of Topliss-reactive ketones (excluding diaryl/α,β-unsaturated/α-hetero) is 1. The normalized spacial score (nSPS) is 20.2. The lowest BCUT2D eigenvalue weighted by atomic mass is 9.71. The topological polar surface area (TPSA) is 73.9 Å². The monoisotopic (exact) mass is 447 g/mol. The zero-order chi connectivity index (χ0) is 23.5. The number of ketones is 1. The van der Waals surface area contributed by atoms with E-state index in [-0.39, 0.29) is 11.7 Å². The maximum Gasteiger partial charge on any atom is 0.336 e. The van der Waals surface area contributed by atoms with Gasteiger partial charge in [-0.15, -0.1) is 0 Å². The third-order valence-electron chi connectivity index (χ3n) is 6.34. The van der Waals surface area contributed by atoms with Crippen LogP contribution >= 0.6 is 0 Å². The van der Waals surface area contributed by atoms with Crippen LogP contribution in [0.4, 0.5) is 0 Å². The minimum Gasteiger partial charge on any atom is -0.497 e. The molecule has 33 heavy (non-hydrogen) atoms. The molecular weight excluding hydrogens is 418 g/mol. The molecule has 1 aliphatic heterocycles. The van der Waals surface area contributed by atoms with E-state index in [0.29, 0.717) is 36.3 Å². The standard InChI is InChI=1S/C27H29NO5/c1-5-33-21-12-8-18(9-13-21)25-24(27(30)32-4)16(2)28-22-14-19(15-23(29)26(22)25)17-6-10-20(31-3)11-7-17/h6-13,19,25,28H,5,14-15H2,1-4H3. The maximum absolute atomic E-state index is 13.5. The molecule has 172 valence electrons. The van der Waals surface area contributed by atoms with E-state index in [4.69, 9.17) is 14.2 Å². The highest BCUT2D eigenvalue weighted by molar-refractivity contribution is 6.04. The lowest BCUT2D eigenvalue weighted by Crippen LogP contribution is -2.36. The highest BCUT2D eigenvalue weighted by Gasteiger charge is 2.41. The Kier molecular flexibility index (Phi) is 6.54. The van der Waals surface area contributed by atoms with Crippen LogP contribution in [0.3, 0.4) is 0 Å². The van der Waals surface area contributed by atoms with Crippen molar-refractivity contribution in [1.82, 2.24) is 5.32 Å². The number of hydrogen-bond acceptors (Lipinski definition) is 6. The molecule has 1 N–H and O–H groups in total. The summed E-state index contributed by atoms with van der Waals surface area (Å²) in [6.45, 7) is 4.36. The molecule has 0 spiro atoms. The number of dihydropyridines is 1. The first kappa shape index (κ1) is 22.6. The molecule has 4 rings (SSSR count). The van der Waals surface area contributed by atoms with E-state index in [9.17, 15) is 9.59 Å². The highest BCUT2D eigenvalue weighted by atomic mass is 16.5. The van der Waals surface area contributed by atoms with Crippen molar-refractivity contribution in [3.63, 3.8) is 0 Å². The molecule has 2 aromatic carbocycles. The Balaban J connectivity index is 1.74. The molecule has 2 unspecified atom stereocenters. The Hall–Kier alpha value is -3.54. The summed E-state index contributed by atoms with van der Waals surface area (Å²) in [5.41, 5.74) is 4.66. The van der Waals surface area contributed by atoms with Gasteiger partial charge in [0.25, 0.3) is 0 Å². The van der Waals surface area contributed by atoms with Gasteiger partial charge >= 0.3 is 5.97 Å². The first-order valence-corrected chi connectivity index (χ1v) is 11.2. The maximum atomic E-state index is 13.5. The van der Waals surface area contributed by atoms with Crippen molar-refractivity contribution in [2.75, 3.05) is 20.8 Å². The van der Waals surface area contributed by atoms with E-state index in [0.717, 1.165) is 28.3 Å². The number of allylic oxidation sites excluding steroid dienone is 3. The first-order chi connectivity index (χ1) is 16.0. The fraction of sp³-hybridized carbons (Fsp3) is 0.333. The molecule has 6 nitrogen and oxygen atoms in total. The second-order valence-corrected chi connectivity index (χ2v) is 8.28. The van der Waals surface area contributed by atoms with Gasteiger partial charge in [0.1, 0.15) is 11.5 Å². The van der Waals surface area contributed by atoms with Crippen LogP contribution in [0.25, 0.3) is 0 Å². The van der Waals surface area contributed by atoms with Crippen molar-refractivity contribution >= 4 is 11.8 Å². The van der Waals surface area contributed by atoms with Crippen molar-refractivity contribution in [2.45, 2.75) is 38.5 Å². The number of ether oxygens (including phenoxy) is 3. The summed E-state index contributed by atoms with van der Waals surface area (Å²) in [6.07, 6.45) is 1.07. The zero-order valence-electron chi connectivity index (χ0n) is 19.4. The molecule has 0 fully saturated rings. The minimum absolute atomic E-state index is 0.0392. The summed E-state index contributed by atoms with van der Waals surface area (Å²) in [7, 11) is 3.00. The van der Waals surface area contributed by atoms with Crippen LogP contribution in [0, 0.1) is 0 Å². The number of carbonyl (C=O) groups is 2. The van der Waals surface area contributed by atoms with Gasteiger partial charge in [-0.25, -0.2) is 4.79 Å². The fourth-order valence-electron chi connectivity index (χ4n) is 4.79. The number of carbonyl (C=O) groups excluding carboxylic acids is 2. The van der Waals surface area contributed by atoms with E-state index in [1.54, 1.807) is 7.11 Å². The van der Waals surface area contributed by atoms with Crippen LogP contribution in [-0.4, -0.2) is 32.6 Å². The molecule has 0 saturated carbocycles. The summed E-state index contributed by atoms with van der Waals surface area (Å²) >= 11 is 0. The number of methoxy groups -OCH3 is 2. The van der Waals surface area contributed by atoms with Gasteiger partial charge < -0.3 is 19.5 Å². The van der Waals surface area contributed by atoms with Crippen LogP contribution in [0.15, 0.2) is 71.1 Å². The average Bonchev–Trinajstić information content (AvgIpc) is 2.83. The number of nitrogens with one attached hydrogen (secondary N) is 1. The Morgan fingerprint density at radius 3 is 2.21 bits per heavy atom. The number of benzene rings is 2. The van der Waals surface area contributed by atoms with Gasteiger partial charge in [-0.05, 0) is 61.6 Å². The first-order valence-electron chi connectivity index (χ1n) is 11.2. The van der Waals surface area contributed by atoms with Crippen LogP contribution in [0.5, 0.6) is 11.5 Å². The smallest absolute Gasteiger partial charge is 0.336 e. The molecule has 2 atom stereocenters. The third-order valence-corrected chi connectivity index (χ3v) is 6.34. The predicted octanol–water partition coefficient (Wildman–Crippen LogP) is 4.63. The highest BCUT2D eigenvalue weighted by Crippen LogP contribution is 2.46. The van der Waals surface area contributed by atoms with Gasteiger partial charge in [0, 0.05) is 29.3 Å². The molecule has 2 aromatic rings. The lowest BCUT2D eigenvalue weighted by molar-refractivity contribution is -0.136. The van der Waals surface area contributed by atoms with E-state index < -0.39 is 11.9 Å². The van der Waals surface area contributed by atoms with Crippen molar-refractivity contribution in [2.24, 2.45) is 0 Å². The van der Waals surface area contributed by atoms with E-state index in [2.05, 4.69) is 5.32 Å². The molecule has 1 aliphatic carbocycles. The SMILES string of the molecule is CCOc1ccc(C2C(C(=O)OC)=C(C)NC3=C2C(=O)CC(c2ccc(OC)cc2)C3)cc1. The van der Waals surface area contributed by atoms with Gasteiger partial charge in [-0.2, -0.15) is 0 Å². The summed E-state index contributed by atoms with van der Waals surface area (Å²) < 4.78 is 15.9. The van der Waals surface area contributed by atoms with E-state index >= 15 is 0 Å². The van der Waals surface area contributed by atoms with Crippen LogP contribution in [0.2, 0.25) is 0 Å². The van der Waals surface area contributed by atoms with E-state index in [1.807, 2.05) is 62.4 Å². The molecule has 0 amide bonds. The Labute approximate surface area is 194 Å². The second-order valence-electron chi connectivity index (χ2n) is 8.28. The van der Waals surface area contributed by atoms with Crippen LogP contribution in [0.1, 0.15) is 49.7 Å². The van der Waals surface area contributed by atoms with Crippen molar-refractivity contribution < 1.29 is 23.8 Å². The largest absolute Gasteiger partial charge is 0.497 e. The van der Waals surface area contributed by atoms with Gasteiger partial charge in [-0.3, -0.25) is 4.79 Å². The van der Waals surface area contributed by atoms with Crippen molar-refractivity contribution in [3.8, 4) is 11.5 Å². The van der Waals surface area contributed by atoms with Gasteiger partial charge in [0.05, 0.1) is 26.4 Å². The van der Waals surface area contributed by atoms with Gasteiger partial charge in [-0.1, -0.05) is 24.3 Å². The second kappa shape index (κ2) is 9.53. The third kappa shape index (κ3) is 4.38. The zero-order valence-corrected chi connectivity index (χ0v) is 19.4. The van der Waals surface area contributed by atoms with Gasteiger partial charge in [0.15, 0.2) is 5.78 Å². The Morgan fingerprint density at radius 1 is 0.970 bits per heavy atom. The number of rotatable bonds is 6. The van der Waals surface area contributed by atoms with Crippen molar-refractivity contribution in [1.29, 1.82) is 0 Å². The Bertz CT molecular complexity index is 1110. The lowest BCUT2D eigenvalue weighted by Gasteiger charge is -2.36. The van der Waals surface area contributed by atoms with E-state index in [1.165, 1.54) is 7.11 Å². The van der Waals surface area contributed by atoms with Gasteiger partial charge in [0.2, 0.25) is 0 Å². The summed E-state index contributed by atoms with van der Waals surface area (Å²) in [6, 6.07) is 15.4. The van der Waals surface area contributed by atoms with Crippen LogP contribution < -0.4 is 14.8 Å². The quantitative estimate of drug-likeness (QED) is 0.651. The molecule has 2 aliphatic rings. The predicted molar refractivity (Wildman–Crippen MR) is 125 cm³/mol. The molecule has 6 heteroatoms. The molecule has 1 heterocycles. The molecular formula is C27H29NO5. The molecule has 0 bridgehead atoms. The fourth-order valence-corrected chi connectivity index (χ4v) is 4.79. The minimum atomic E-state index is -0.478. The molecule has 0 saturated heterocycles. The number of esters is 1. The summed E-state index contributed by atoms with van der Waals surface area (Å²) in [4.78, 5) is 26.3. The van der Waals surface area contributed by atoms with Crippen LogP contribution in [-0.2, 0) is 14.3 Å². The number of hydrogen-bond donors (Lipinski definition) is 1. The Morgan fingerprint density at radius 2 is 1.61 bits per heavy atom. The average molecular weight is 448 g/mol. The van der Waals surface area contributed by atoms with Crippen molar-refractivity contribution in [3.05, 3.63) is 82.2 Å².